The summed E-state index contributed by atoms with van der Waals surface area (Å²) in [5.41, 5.74) is 2.37. The molecule has 0 saturated carbocycles. The molecule has 1 aromatic carbocycles. The molecular formula is C13H20N2O. The van der Waals surface area contributed by atoms with Crippen LogP contribution in [-0.4, -0.2) is 25.7 Å². The number of para-hydroxylation sites is 1. The van der Waals surface area contributed by atoms with Gasteiger partial charge in [0.25, 0.3) is 0 Å². The molecule has 1 atom stereocenters. The predicted molar refractivity (Wildman–Crippen MR) is 68.6 cm³/mol. The first-order chi connectivity index (χ1) is 7.65. The Morgan fingerprint density at radius 1 is 1.44 bits per heavy atom. The van der Waals surface area contributed by atoms with Gasteiger partial charge in [-0.1, -0.05) is 6.07 Å². The summed E-state index contributed by atoms with van der Waals surface area (Å²) in [6, 6.07) is 7.13. The maximum absolute atomic E-state index is 5.46. The molecular weight excluding hydrogens is 200 g/mol. The summed E-state index contributed by atoms with van der Waals surface area (Å²) < 4.78 is 5.46. The average Bonchev–Trinajstić information content (AvgIpc) is 2.27. The molecule has 3 nitrogen and oxygen atoms in total. The summed E-state index contributed by atoms with van der Waals surface area (Å²) in [6.07, 6.45) is 0. The number of rotatable bonds is 2. The minimum Gasteiger partial charge on any atom is -0.495 e. The Morgan fingerprint density at radius 3 is 2.81 bits per heavy atom. The van der Waals surface area contributed by atoms with Gasteiger partial charge >= 0.3 is 0 Å². The molecule has 1 aliphatic rings. The molecule has 0 spiro atoms. The zero-order chi connectivity index (χ0) is 11.7. The Morgan fingerprint density at radius 2 is 2.19 bits per heavy atom. The van der Waals surface area contributed by atoms with Crippen LogP contribution in [0.25, 0.3) is 0 Å². The number of nitrogens with one attached hydrogen (secondary N) is 1. The van der Waals surface area contributed by atoms with Crippen molar-refractivity contribution in [3.63, 3.8) is 0 Å². The maximum atomic E-state index is 5.46. The number of nitrogens with zero attached hydrogens (tertiary/aromatic N) is 1. The minimum atomic E-state index is 0.479. The lowest BCUT2D eigenvalue weighted by Gasteiger charge is -2.41. The van der Waals surface area contributed by atoms with Gasteiger partial charge < -0.3 is 15.0 Å². The Labute approximate surface area is 97.4 Å². The number of hydrogen-bond acceptors (Lipinski definition) is 3. The normalized spacial score (nSPS) is 19.3. The fraction of sp³-hybridized carbons (Fsp3) is 0.538. The lowest BCUT2D eigenvalue weighted by molar-refractivity contribution is 0.410. The van der Waals surface area contributed by atoms with Gasteiger partial charge in [-0.25, -0.2) is 0 Å². The summed E-state index contributed by atoms with van der Waals surface area (Å²) in [5.74, 6) is 0.949. The third-order valence-electron chi connectivity index (χ3n) is 3.10. The van der Waals surface area contributed by atoms with Crippen molar-refractivity contribution in [3.8, 4) is 5.75 Å². The number of fused-ring (bicyclic) bond motifs is 1. The molecule has 3 heteroatoms. The van der Waals surface area contributed by atoms with Crippen LogP contribution < -0.4 is 15.0 Å². The lowest BCUT2D eigenvalue weighted by atomic mass is 10.1. The van der Waals surface area contributed by atoms with Crippen molar-refractivity contribution in [3.05, 3.63) is 18.2 Å². The van der Waals surface area contributed by atoms with E-state index < -0.39 is 0 Å². The number of benzene rings is 1. The molecule has 2 rings (SSSR count). The van der Waals surface area contributed by atoms with Crippen LogP contribution in [0.4, 0.5) is 11.4 Å². The summed E-state index contributed by atoms with van der Waals surface area (Å²) in [5, 5.41) is 3.45. The lowest BCUT2D eigenvalue weighted by Crippen LogP contribution is -2.46. The van der Waals surface area contributed by atoms with Gasteiger partial charge in [-0.3, -0.25) is 0 Å². The largest absolute Gasteiger partial charge is 0.495 e. The van der Waals surface area contributed by atoms with Gasteiger partial charge in [0.15, 0.2) is 0 Å². The highest BCUT2D eigenvalue weighted by atomic mass is 16.5. The van der Waals surface area contributed by atoms with E-state index in [1.807, 2.05) is 12.1 Å². The van der Waals surface area contributed by atoms with Crippen LogP contribution in [-0.2, 0) is 0 Å². The molecule has 1 aliphatic heterocycles. The van der Waals surface area contributed by atoms with E-state index in [1.54, 1.807) is 7.11 Å². The van der Waals surface area contributed by atoms with Crippen molar-refractivity contribution in [2.75, 3.05) is 23.9 Å². The summed E-state index contributed by atoms with van der Waals surface area (Å²) in [6.45, 7) is 7.66. The predicted octanol–water partition coefficient (Wildman–Crippen LogP) is 2.72. The standard InChI is InChI=1S/C13H20N2O/c1-9(2)15-10(3)8-14-11-6-5-7-12(16-4)13(11)15/h5-7,9-10,14H,8H2,1-4H3. The fourth-order valence-corrected chi connectivity index (χ4v) is 2.44. The van der Waals surface area contributed by atoms with Gasteiger partial charge in [0, 0.05) is 18.6 Å². The molecule has 1 heterocycles. The highest BCUT2D eigenvalue weighted by Gasteiger charge is 2.27. The molecule has 0 amide bonds. The third kappa shape index (κ3) is 1.70. The smallest absolute Gasteiger partial charge is 0.144 e. The van der Waals surface area contributed by atoms with Gasteiger partial charge in [0.05, 0.1) is 12.8 Å². The molecule has 0 aromatic heterocycles. The Bertz CT molecular complexity index is 362. The molecule has 1 unspecified atom stereocenters. The molecule has 0 fully saturated rings. The summed E-state index contributed by atoms with van der Waals surface area (Å²) in [4.78, 5) is 2.42. The quantitative estimate of drug-likeness (QED) is 0.829. The highest BCUT2D eigenvalue weighted by molar-refractivity contribution is 5.79. The van der Waals surface area contributed by atoms with Crippen LogP contribution in [0, 0.1) is 0 Å². The molecule has 0 bridgehead atoms. The Kier molecular flexibility index (Phi) is 2.95. The number of methoxy groups -OCH3 is 1. The van der Waals surface area contributed by atoms with E-state index >= 15 is 0 Å². The van der Waals surface area contributed by atoms with Gasteiger partial charge in [0.1, 0.15) is 11.4 Å². The maximum Gasteiger partial charge on any atom is 0.144 e. The summed E-state index contributed by atoms with van der Waals surface area (Å²) >= 11 is 0. The number of hydrogen-bond donors (Lipinski definition) is 1. The van der Waals surface area contributed by atoms with E-state index in [0.717, 1.165) is 12.3 Å². The number of anilines is 2. The van der Waals surface area contributed by atoms with Crippen molar-refractivity contribution in [1.29, 1.82) is 0 Å². The number of ether oxygens (including phenoxy) is 1. The zero-order valence-electron chi connectivity index (χ0n) is 10.4. The van der Waals surface area contributed by atoms with Gasteiger partial charge in [0.2, 0.25) is 0 Å². The van der Waals surface area contributed by atoms with Crippen LogP contribution in [0.15, 0.2) is 18.2 Å². The van der Waals surface area contributed by atoms with Gasteiger partial charge in [-0.15, -0.1) is 0 Å². The van der Waals surface area contributed by atoms with Crippen molar-refractivity contribution >= 4 is 11.4 Å². The molecule has 16 heavy (non-hydrogen) atoms. The third-order valence-corrected chi connectivity index (χ3v) is 3.10. The van der Waals surface area contributed by atoms with E-state index in [2.05, 4.69) is 37.1 Å². The molecule has 0 saturated heterocycles. The first-order valence-corrected chi connectivity index (χ1v) is 5.84. The van der Waals surface area contributed by atoms with Crippen LogP contribution in [0.5, 0.6) is 5.75 Å². The van der Waals surface area contributed by atoms with Crippen molar-refractivity contribution in [2.45, 2.75) is 32.9 Å². The van der Waals surface area contributed by atoms with Gasteiger partial charge in [-0.2, -0.15) is 0 Å². The van der Waals surface area contributed by atoms with E-state index in [4.69, 9.17) is 4.74 Å². The van der Waals surface area contributed by atoms with Crippen LogP contribution in [0.2, 0.25) is 0 Å². The topological polar surface area (TPSA) is 24.5 Å². The van der Waals surface area contributed by atoms with Crippen LogP contribution in [0.3, 0.4) is 0 Å². The van der Waals surface area contributed by atoms with E-state index in [9.17, 15) is 0 Å². The fourth-order valence-electron chi connectivity index (χ4n) is 2.44. The van der Waals surface area contributed by atoms with Crippen LogP contribution >= 0.6 is 0 Å². The monoisotopic (exact) mass is 220 g/mol. The molecule has 1 aromatic rings. The van der Waals surface area contributed by atoms with Gasteiger partial charge in [-0.05, 0) is 32.9 Å². The van der Waals surface area contributed by atoms with Crippen molar-refractivity contribution in [2.24, 2.45) is 0 Å². The second-order valence-electron chi connectivity index (χ2n) is 4.59. The highest BCUT2D eigenvalue weighted by Crippen LogP contribution is 2.40. The first-order valence-electron chi connectivity index (χ1n) is 5.84. The van der Waals surface area contributed by atoms with Crippen molar-refractivity contribution < 1.29 is 4.74 Å². The second-order valence-corrected chi connectivity index (χ2v) is 4.59. The molecule has 88 valence electrons. The van der Waals surface area contributed by atoms with Crippen molar-refractivity contribution in [1.82, 2.24) is 0 Å². The Balaban J connectivity index is 2.52. The SMILES string of the molecule is COc1cccc2c1N(C(C)C)C(C)CN2. The first kappa shape index (κ1) is 11.1. The minimum absolute atomic E-state index is 0.479. The van der Waals surface area contributed by atoms with Crippen LogP contribution in [0.1, 0.15) is 20.8 Å². The zero-order valence-corrected chi connectivity index (χ0v) is 10.4. The molecule has 1 N–H and O–H groups in total. The molecule has 0 aliphatic carbocycles. The second kappa shape index (κ2) is 4.24. The molecule has 0 radical (unpaired) electrons. The van der Waals surface area contributed by atoms with E-state index in [-0.39, 0.29) is 0 Å². The Hall–Kier alpha value is -1.38. The average molecular weight is 220 g/mol. The summed E-state index contributed by atoms with van der Waals surface area (Å²) in [7, 11) is 1.73. The van der Waals surface area contributed by atoms with E-state index in [1.165, 1.54) is 11.4 Å². The van der Waals surface area contributed by atoms with E-state index in [0.29, 0.717) is 12.1 Å².